The molecule has 250 valence electrons. The standard InChI is InChI=1S/C41H38O8/c1-29-37(45-27-31-16-8-3-9-17-31)36(28-44-26-30-14-6-2-7-15-30)48-41(38(29)49-40(43)33-20-12-5-13-21-33)47-35-24-22-34(23-25-35)46-39(42)32-18-10-4-11-19-32/h2-25,29,36-38,41H,26-28H2,1H3/t29-,36+,37-,38-,41?/m0/s1. The van der Waals surface area contributed by atoms with Crippen LogP contribution < -0.4 is 9.47 Å². The lowest BCUT2D eigenvalue weighted by atomic mass is 9.90. The third-order valence-corrected chi connectivity index (χ3v) is 8.21. The number of hydrogen-bond acceptors (Lipinski definition) is 8. The third kappa shape index (κ3) is 9.21. The van der Waals surface area contributed by atoms with Gasteiger partial charge in [0.1, 0.15) is 17.6 Å². The number of benzene rings is 5. The topological polar surface area (TPSA) is 89.5 Å². The highest BCUT2D eigenvalue weighted by atomic mass is 16.7. The molecule has 1 saturated heterocycles. The van der Waals surface area contributed by atoms with E-state index in [-0.39, 0.29) is 12.5 Å². The summed E-state index contributed by atoms with van der Waals surface area (Å²) in [6, 6.07) is 43.9. The van der Waals surface area contributed by atoms with Crippen molar-refractivity contribution in [2.75, 3.05) is 6.61 Å². The summed E-state index contributed by atoms with van der Waals surface area (Å²) in [5.74, 6) is -0.533. The van der Waals surface area contributed by atoms with Crippen molar-refractivity contribution in [3.8, 4) is 11.5 Å². The molecule has 0 N–H and O–H groups in total. The maximum atomic E-state index is 13.4. The Labute approximate surface area is 286 Å². The van der Waals surface area contributed by atoms with Gasteiger partial charge in [-0.2, -0.15) is 0 Å². The summed E-state index contributed by atoms with van der Waals surface area (Å²) in [6.07, 6.45) is -2.88. The molecule has 0 aliphatic carbocycles. The van der Waals surface area contributed by atoms with Crippen molar-refractivity contribution in [1.82, 2.24) is 0 Å². The van der Waals surface area contributed by atoms with Crippen LogP contribution in [0, 0.1) is 5.92 Å². The van der Waals surface area contributed by atoms with E-state index in [4.69, 9.17) is 28.4 Å². The van der Waals surface area contributed by atoms with Gasteiger partial charge in [-0.1, -0.05) is 104 Å². The lowest BCUT2D eigenvalue weighted by Gasteiger charge is -2.44. The Hall–Kier alpha value is -5.28. The average molecular weight is 659 g/mol. The third-order valence-electron chi connectivity index (χ3n) is 8.21. The molecule has 6 rings (SSSR count). The number of carbonyl (C=O) groups excluding carboxylic acids is 2. The zero-order valence-electron chi connectivity index (χ0n) is 27.1. The average Bonchev–Trinajstić information content (AvgIpc) is 3.15. The van der Waals surface area contributed by atoms with Gasteiger partial charge in [-0.3, -0.25) is 0 Å². The molecule has 5 aromatic carbocycles. The van der Waals surface area contributed by atoms with Gasteiger partial charge in [0.15, 0.2) is 6.10 Å². The Balaban J connectivity index is 1.22. The second-order valence-corrected chi connectivity index (χ2v) is 11.7. The number of hydrogen-bond donors (Lipinski definition) is 0. The summed E-state index contributed by atoms with van der Waals surface area (Å²) < 4.78 is 37.2. The Kier molecular flexibility index (Phi) is 11.5. The van der Waals surface area contributed by atoms with Crippen molar-refractivity contribution in [1.29, 1.82) is 0 Å². The van der Waals surface area contributed by atoms with Crippen molar-refractivity contribution in [3.63, 3.8) is 0 Å². The number of ether oxygens (including phenoxy) is 6. The molecule has 5 aromatic rings. The van der Waals surface area contributed by atoms with Gasteiger partial charge >= 0.3 is 11.9 Å². The first-order valence-corrected chi connectivity index (χ1v) is 16.3. The van der Waals surface area contributed by atoms with Gasteiger partial charge in [0.2, 0.25) is 6.29 Å². The van der Waals surface area contributed by atoms with Gasteiger partial charge in [0.05, 0.1) is 37.1 Å². The predicted molar refractivity (Wildman–Crippen MR) is 183 cm³/mol. The van der Waals surface area contributed by atoms with Gasteiger partial charge in [0.25, 0.3) is 0 Å². The van der Waals surface area contributed by atoms with E-state index < -0.39 is 36.5 Å². The highest BCUT2D eigenvalue weighted by Crippen LogP contribution is 2.34. The van der Waals surface area contributed by atoms with Crippen molar-refractivity contribution in [3.05, 3.63) is 168 Å². The van der Waals surface area contributed by atoms with E-state index in [9.17, 15) is 9.59 Å². The van der Waals surface area contributed by atoms with E-state index in [1.165, 1.54) is 0 Å². The van der Waals surface area contributed by atoms with Gasteiger partial charge in [0, 0.05) is 5.92 Å². The first-order valence-electron chi connectivity index (χ1n) is 16.3. The maximum Gasteiger partial charge on any atom is 0.343 e. The molecule has 0 radical (unpaired) electrons. The first kappa shape index (κ1) is 33.6. The van der Waals surface area contributed by atoms with Crippen LogP contribution in [0.4, 0.5) is 0 Å². The monoisotopic (exact) mass is 658 g/mol. The van der Waals surface area contributed by atoms with Crippen LogP contribution >= 0.6 is 0 Å². The number of esters is 2. The summed E-state index contributed by atoms with van der Waals surface area (Å²) in [7, 11) is 0. The lowest BCUT2D eigenvalue weighted by molar-refractivity contribution is -0.273. The van der Waals surface area contributed by atoms with Crippen LogP contribution in [0.25, 0.3) is 0 Å². The van der Waals surface area contributed by atoms with Gasteiger partial charge in [-0.15, -0.1) is 0 Å². The molecule has 0 aromatic heterocycles. The zero-order chi connectivity index (χ0) is 33.8. The molecular formula is C41H38O8. The SMILES string of the molecule is C[C@H]1[C@H](OCc2ccccc2)[C@@H](COCc2ccccc2)OC(Oc2ccc(OC(=O)c3ccccc3)cc2)[C@H]1OC(=O)c1ccccc1. The minimum atomic E-state index is -0.998. The van der Waals surface area contributed by atoms with Crippen LogP contribution in [0.1, 0.15) is 38.8 Å². The molecule has 0 saturated carbocycles. The fraction of sp³-hybridized carbons (Fsp3) is 0.220. The van der Waals surface area contributed by atoms with Crippen LogP contribution in [0.15, 0.2) is 146 Å². The summed E-state index contributed by atoms with van der Waals surface area (Å²) in [6.45, 7) is 2.91. The molecule has 0 spiro atoms. The van der Waals surface area contributed by atoms with Crippen molar-refractivity contribution < 1.29 is 38.0 Å². The quantitative estimate of drug-likeness (QED) is 0.0941. The smallest absolute Gasteiger partial charge is 0.343 e. The minimum Gasteiger partial charge on any atom is -0.461 e. The molecular weight excluding hydrogens is 620 g/mol. The maximum absolute atomic E-state index is 13.4. The molecule has 1 fully saturated rings. The molecule has 8 nitrogen and oxygen atoms in total. The van der Waals surface area contributed by atoms with E-state index >= 15 is 0 Å². The molecule has 1 unspecified atom stereocenters. The van der Waals surface area contributed by atoms with E-state index in [1.807, 2.05) is 79.7 Å². The Morgan fingerprint density at radius 3 is 1.69 bits per heavy atom. The summed E-state index contributed by atoms with van der Waals surface area (Å²) >= 11 is 0. The minimum absolute atomic E-state index is 0.215. The second-order valence-electron chi connectivity index (χ2n) is 11.7. The van der Waals surface area contributed by atoms with Gasteiger partial charge < -0.3 is 28.4 Å². The van der Waals surface area contributed by atoms with Crippen molar-refractivity contribution in [2.45, 2.75) is 44.7 Å². The second kappa shape index (κ2) is 16.7. The highest BCUT2D eigenvalue weighted by molar-refractivity contribution is 5.91. The van der Waals surface area contributed by atoms with Crippen LogP contribution in [-0.2, 0) is 32.2 Å². The van der Waals surface area contributed by atoms with Crippen molar-refractivity contribution >= 4 is 11.9 Å². The normalized spacial score (nSPS) is 20.2. The van der Waals surface area contributed by atoms with E-state index in [2.05, 4.69) is 0 Å². The van der Waals surface area contributed by atoms with E-state index in [1.54, 1.807) is 72.8 Å². The van der Waals surface area contributed by atoms with Crippen molar-refractivity contribution in [2.24, 2.45) is 5.92 Å². The molecule has 49 heavy (non-hydrogen) atoms. The molecule has 5 atom stereocenters. The largest absolute Gasteiger partial charge is 0.461 e. The van der Waals surface area contributed by atoms with Crippen LogP contribution in [0.3, 0.4) is 0 Å². The Morgan fingerprint density at radius 1 is 0.592 bits per heavy atom. The Bertz CT molecular complexity index is 1750. The van der Waals surface area contributed by atoms with Crippen LogP contribution in [0.2, 0.25) is 0 Å². The molecule has 1 aliphatic heterocycles. The van der Waals surface area contributed by atoms with E-state index in [0.717, 1.165) is 11.1 Å². The highest BCUT2D eigenvalue weighted by Gasteiger charge is 2.48. The fourth-order valence-electron chi connectivity index (χ4n) is 5.61. The zero-order valence-corrected chi connectivity index (χ0v) is 27.1. The summed E-state index contributed by atoms with van der Waals surface area (Å²) in [5.41, 5.74) is 2.89. The molecule has 0 amide bonds. The Morgan fingerprint density at radius 2 is 1.10 bits per heavy atom. The predicted octanol–water partition coefficient (Wildman–Crippen LogP) is 7.67. The molecule has 1 aliphatic rings. The number of carbonyl (C=O) groups is 2. The lowest BCUT2D eigenvalue weighted by Crippen LogP contribution is -2.58. The number of rotatable bonds is 13. The first-order chi connectivity index (χ1) is 24.0. The van der Waals surface area contributed by atoms with E-state index in [0.29, 0.717) is 35.8 Å². The molecule has 1 heterocycles. The van der Waals surface area contributed by atoms with Crippen LogP contribution in [0.5, 0.6) is 11.5 Å². The van der Waals surface area contributed by atoms with Crippen LogP contribution in [-0.4, -0.2) is 43.1 Å². The van der Waals surface area contributed by atoms with Gasteiger partial charge in [-0.05, 0) is 59.7 Å². The molecule has 8 heteroatoms. The fourth-order valence-corrected chi connectivity index (χ4v) is 5.61. The molecule has 0 bridgehead atoms. The summed E-state index contributed by atoms with van der Waals surface area (Å²) in [5, 5.41) is 0. The summed E-state index contributed by atoms with van der Waals surface area (Å²) in [4.78, 5) is 25.9. The van der Waals surface area contributed by atoms with Gasteiger partial charge in [-0.25, -0.2) is 9.59 Å².